The smallest absolute Gasteiger partial charge is 0.338 e. The second-order valence-electron chi connectivity index (χ2n) is 7.69. The largest absolute Gasteiger partial charge is 0.497 e. The molecule has 1 aliphatic heterocycles. The maximum Gasteiger partial charge on any atom is 0.338 e. The Kier molecular flexibility index (Phi) is 7.07. The molecule has 0 saturated heterocycles. The van der Waals surface area contributed by atoms with Crippen LogP contribution in [0.5, 0.6) is 17.2 Å². The first-order valence-electron chi connectivity index (χ1n) is 11.0. The van der Waals surface area contributed by atoms with Gasteiger partial charge in [0.1, 0.15) is 23.3 Å². The number of fused-ring (bicyclic) bond motifs is 1. The molecule has 9 heteroatoms. The van der Waals surface area contributed by atoms with E-state index in [-0.39, 0.29) is 17.7 Å². The number of allylic oxidation sites excluding steroid dienone is 1. The Morgan fingerprint density at radius 1 is 1.09 bits per heavy atom. The molecule has 0 radical (unpaired) electrons. The Morgan fingerprint density at radius 2 is 1.83 bits per heavy atom. The highest BCUT2D eigenvalue weighted by molar-refractivity contribution is 7.07. The maximum absolute atomic E-state index is 13.7. The van der Waals surface area contributed by atoms with Crippen molar-refractivity contribution >= 4 is 23.4 Å². The van der Waals surface area contributed by atoms with E-state index in [0.717, 1.165) is 5.56 Å². The first-order valence-corrected chi connectivity index (χ1v) is 11.8. The summed E-state index contributed by atoms with van der Waals surface area (Å²) in [5.74, 6) is 1.23. The number of carbonyl (C=O) groups excluding carboxylic acids is 1. The number of esters is 1. The van der Waals surface area contributed by atoms with Crippen molar-refractivity contribution in [3.8, 4) is 17.2 Å². The van der Waals surface area contributed by atoms with Crippen LogP contribution in [-0.4, -0.2) is 38.5 Å². The summed E-state index contributed by atoms with van der Waals surface area (Å²) in [6.07, 6.45) is 1.79. The van der Waals surface area contributed by atoms with E-state index in [1.807, 2.05) is 24.3 Å². The number of hydrogen-bond acceptors (Lipinski definition) is 8. The number of ether oxygens (including phenoxy) is 4. The molecule has 0 fully saturated rings. The van der Waals surface area contributed by atoms with Crippen LogP contribution in [0.2, 0.25) is 0 Å². The summed E-state index contributed by atoms with van der Waals surface area (Å²) in [7, 11) is 4.69. The van der Waals surface area contributed by atoms with E-state index in [0.29, 0.717) is 37.8 Å². The average Bonchev–Trinajstić information content (AvgIpc) is 3.17. The molecule has 0 amide bonds. The minimum absolute atomic E-state index is 0.192. The molecule has 182 valence electrons. The molecule has 35 heavy (non-hydrogen) atoms. The fourth-order valence-corrected chi connectivity index (χ4v) is 5.07. The number of carbonyl (C=O) groups is 1. The van der Waals surface area contributed by atoms with Crippen LogP contribution in [0, 0.1) is 0 Å². The van der Waals surface area contributed by atoms with Crippen LogP contribution in [0.25, 0.3) is 6.08 Å². The zero-order valence-electron chi connectivity index (χ0n) is 20.2. The zero-order valence-corrected chi connectivity index (χ0v) is 21.0. The summed E-state index contributed by atoms with van der Waals surface area (Å²) in [5.41, 5.74) is 1.89. The Morgan fingerprint density at radius 3 is 2.51 bits per heavy atom. The Hall–Kier alpha value is -3.85. The lowest BCUT2D eigenvalue weighted by atomic mass is 9.94. The van der Waals surface area contributed by atoms with Crippen LogP contribution < -0.4 is 29.1 Å². The average molecular weight is 495 g/mol. The van der Waals surface area contributed by atoms with Gasteiger partial charge in [-0.1, -0.05) is 23.5 Å². The third kappa shape index (κ3) is 4.59. The van der Waals surface area contributed by atoms with Crippen molar-refractivity contribution in [1.82, 2.24) is 4.57 Å². The van der Waals surface area contributed by atoms with Crippen LogP contribution in [0.1, 0.15) is 31.0 Å². The van der Waals surface area contributed by atoms with Crippen molar-refractivity contribution in [2.75, 3.05) is 27.9 Å². The predicted molar refractivity (Wildman–Crippen MR) is 133 cm³/mol. The molecule has 0 saturated carbocycles. The van der Waals surface area contributed by atoms with E-state index in [9.17, 15) is 9.59 Å². The van der Waals surface area contributed by atoms with Crippen molar-refractivity contribution in [2.24, 2.45) is 4.99 Å². The van der Waals surface area contributed by atoms with Crippen molar-refractivity contribution in [1.29, 1.82) is 0 Å². The number of methoxy groups -OCH3 is 3. The fourth-order valence-electron chi connectivity index (χ4n) is 4.02. The molecule has 2 heterocycles. The SMILES string of the molecule is CCOC(=O)C1=C(C)N=c2s/c(=C\c3cccc(OC)c3)c(=O)n2[C@H]1c1cc(OC)ccc1OC. The highest BCUT2D eigenvalue weighted by Crippen LogP contribution is 2.37. The fraction of sp³-hybridized carbons (Fsp3) is 0.269. The molecular formula is C26H26N2O6S. The van der Waals surface area contributed by atoms with Crippen molar-refractivity contribution in [2.45, 2.75) is 19.9 Å². The second-order valence-corrected chi connectivity index (χ2v) is 8.70. The normalized spacial score (nSPS) is 15.3. The molecule has 4 rings (SSSR count). The molecule has 8 nitrogen and oxygen atoms in total. The molecule has 0 N–H and O–H groups in total. The molecule has 0 aliphatic carbocycles. The van der Waals surface area contributed by atoms with Gasteiger partial charge in [-0.3, -0.25) is 9.36 Å². The van der Waals surface area contributed by atoms with Gasteiger partial charge < -0.3 is 18.9 Å². The number of benzene rings is 2. The van der Waals surface area contributed by atoms with Gasteiger partial charge in [-0.15, -0.1) is 0 Å². The summed E-state index contributed by atoms with van der Waals surface area (Å²) in [4.78, 5) is 31.9. The Labute approximate surface area is 206 Å². The topological polar surface area (TPSA) is 88.4 Å². The first-order chi connectivity index (χ1) is 16.9. The lowest BCUT2D eigenvalue weighted by Crippen LogP contribution is -2.40. The van der Waals surface area contributed by atoms with Crippen LogP contribution in [-0.2, 0) is 9.53 Å². The van der Waals surface area contributed by atoms with E-state index < -0.39 is 12.0 Å². The highest BCUT2D eigenvalue weighted by atomic mass is 32.1. The number of thiazole rings is 1. The molecule has 0 spiro atoms. The zero-order chi connectivity index (χ0) is 25.1. The summed E-state index contributed by atoms with van der Waals surface area (Å²) in [6.45, 7) is 3.67. The van der Waals surface area contributed by atoms with Gasteiger partial charge >= 0.3 is 5.97 Å². The van der Waals surface area contributed by atoms with Gasteiger partial charge in [-0.2, -0.15) is 0 Å². The molecule has 1 aromatic heterocycles. The third-order valence-corrected chi connectivity index (χ3v) is 6.62. The third-order valence-electron chi connectivity index (χ3n) is 5.64. The van der Waals surface area contributed by atoms with Gasteiger partial charge in [0.2, 0.25) is 0 Å². The van der Waals surface area contributed by atoms with Crippen molar-refractivity contribution in [3.05, 3.63) is 84.5 Å². The molecule has 1 atom stereocenters. The summed E-state index contributed by atoms with van der Waals surface area (Å²) < 4.78 is 23.7. The molecule has 2 aromatic carbocycles. The standard InChI is InChI=1S/C26H26N2O6S/c1-6-34-25(30)22-15(2)27-26-28(23(22)19-14-18(32-4)10-11-20(19)33-5)24(29)21(35-26)13-16-8-7-9-17(12-16)31-3/h7-14,23H,6H2,1-5H3/b21-13-/t23-/m0/s1. The number of rotatable bonds is 7. The minimum atomic E-state index is -0.803. The van der Waals surface area contributed by atoms with Crippen LogP contribution in [0.3, 0.4) is 0 Å². The second kappa shape index (κ2) is 10.2. The van der Waals surface area contributed by atoms with E-state index in [2.05, 4.69) is 4.99 Å². The Balaban J connectivity index is 2.00. The van der Waals surface area contributed by atoms with Crippen LogP contribution >= 0.6 is 11.3 Å². The van der Waals surface area contributed by atoms with E-state index in [1.54, 1.807) is 59.5 Å². The van der Waals surface area contributed by atoms with Gasteiger partial charge in [-0.05, 0) is 55.8 Å². The highest BCUT2D eigenvalue weighted by Gasteiger charge is 2.35. The molecule has 1 aliphatic rings. The molecule has 3 aromatic rings. The van der Waals surface area contributed by atoms with Crippen molar-refractivity contribution < 1.29 is 23.7 Å². The molecule has 0 bridgehead atoms. The van der Waals surface area contributed by atoms with Gasteiger partial charge in [-0.25, -0.2) is 9.79 Å². The number of hydrogen-bond donors (Lipinski definition) is 0. The molecular weight excluding hydrogens is 468 g/mol. The first kappa shape index (κ1) is 24.3. The maximum atomic E-state index is 13.7. The number of aromatic nitrogens is 1. The number of nitrogens with zero attached hydrogens (tertiary/aromatic N) is 2. The van der Waals surface area contributed by atoms with Crippen molar-refractivity contribution in [3.63, 3.8) is 0 Å². The summed E-state index contributed by atoms with van der Waals surface area (Å²) in [5, 5.41) is 0. The van der Waals surface area contributed by atoms with Gasteiger partial charge in [0.05, 0.1) is 43.7 Å². The Bertz CT molecular complexity index is 1480. The van der Waals surface area contributed by atoms with E-state index in [1.165, 1.54) is 15.9 Å². The monoisotopic (exact) mass is 494 g/mol. The lowest BCUT2D eigenvalue weighted by molar-refractivity contribution is -0.139. The van der Waals surface area contributed by atoms with Gasteiger partial charge in [0, 0.05) is 5.56 Å². The van der Waals surface area contributed by atoms with Gasteiger partial charge in [0.15, 0.2) is 4.80 Å². The summed E-state index contributed by atoms with van der Waals surface area (Å²) in [6, 6.07) is 11.9. The predicted octanol–water partition coefficient (Wildman–Crippen LogP) is 2.82. The van der Waals surface area contributed by atoms with E-state index in [4.69, 9.17) is 18.9 Å². The van der Waals surface area contributed by atoms with Crippen LogP contribution in [0.15, 0.2) is 63.5 Å². The van der Waals surface area contributed by atoms with E-state index >= 15 is 0 Å². The molecule has 0 unspecified atom stereocenters. The summed E-state index contributed by atoms with van der Waals surface area (Å²) >= 11 is 1.25. The van der Waals surface area contributed by atoms with Crippen LogP contribution in [0.4, 0.5) is 0 Å². The van der Waals surface area contributed by atoms with Gasteiger partial charge in [0.25, 0.3) is 5.56 Å². The lowest BCUT2D eigenvalue weighted by Gasteiger charge is -2.26. The minimum Gasteiger partial charge on any atom is -0.497 e. The quantitative estimate of drug-likeness (QED) is 0.470.